The zero-order valence-corrected chi connectivity index (χ0v) is 13.0. The molecule has 0 saturated carbocycles. The molecule has 0 bridgehead atoms. The number of phenols is 1. The summed E-state index contributed by atoms with van der Waals surface area (Å²) in [5, 5.41) is 15.6. The van der Waals surface area contributed by atoms with Gasteiger partial charge in [0.1, 0.15) is 5.75 Å². The van der Waals surface area contributed by atoms with E-state index < -0.39 is 0 Å². The van der Waals surface area contributed by atoms with Gasteiger partial charge in [-0.05, 0) is 23.8 Å². The molecule has 0 radical (unpaired) electrons. The number of rotatable bonds is 3. The number of phenolic OH excluding ortho intramolecular Hbond substituents is 1. The molecule has 1 aromatic heterocycles. The lowest BCUT2D eigenvalue weighted by molar-refractivity contribution is 0.474. The Labute approximate surface area is 140 Å². The molecule has 3 nitrogen and oxygen atoms in total. The van der Waals surface area contributed by atoms with E-state index in [2.05, 4.69) is 23.3 Å². The monoisotopic (exact) mass is 312 g/mol. The fraction of sp³-hybridized carbons (Fsp3) is 0. The van der Waals surface area contributed by atoms with Crippen LogP contribution in [-0.2, 0) is 0 Å². The number of aromatic hydroxyl groups is 1. The van der Waals surface area contributed by atoms with Gasteiger partial charge in [-0.2, -0.15) is 5.10 Å². The van der Waals surface area contributed by atoms with Gasteiger partial charge in [0, 0.05) is 22.7 Å². The van der Waals surface area contributed by atoms with Crippen LogP contribution in [0.15, 0.2) is 90.2 Å². The molecule has 0 aliphatic rings. The van der Waals surface area contributed by atoms with Crippen molar-refractivity contribution >= 4 is 17.1 Å². The summed E-state index contributed by atoms with van der Waals surface area (Å²) in [6, 6.07) is 25.6. The average molecular weight is 312 g/mol. The van der Waals surface area contributed by atoms with Crippen LogP contribution in [-0.4, -0.2) is 16.0 Å². The van der Waals surface area contributed by atoms with E-state index in [1.807, 2.05) is 59.4 Å². The summed E-state index contributed by atoms with van der Waals surface area (Å²) in [5.41, 5.74) is 4.02. The van der Waals surface area contributed by atoms with Crippen LogP contribution in [0.5, 0.6) is 5.75 Å². The Hall–Kier alpha value is -3.33. The van der Waals surface area contributed by atoms with Crippen molar-refractivity contribution < 1.29 is 5.11 Å². The van der Waals surface area contributed by atoms with E-state index in [1.165, 1.54) is 0 Å². The molecule has 24 heavy (non-hydrogen) atoms. The minimum atomic E-state index is 0.223. The van der Waals surface area contributed by atoms with E-state index in [0.717, 1.165) is 22.0 Å². The molecule has 3 heteroatoms. The van der Waals surface area contributed by atoms with Crippen molar-refractivity contribution in [2.45, 2.75) is 0 Å². The minimum Gasteiger partial charge on any atom is -0.507 e. The van der Waals surface area contributed by atoms with Gasteiger partial charge in [0.2, 0.25) is 0 Å². The van der Waals surface area contributed by atoms with Crippen LogP contribution in [0.4, 0.5) is 0 Å². The fourth-order valence-electron chi connectivity index (χ4n) is 2.83. The van der Waals surface area contributed by atoms with Crippen molar-refractivity contribution in [1.82, 2.24) is 4.68 Å². The number of fused-ring (bicyclic) bond motifs is 1. The van der Waals surface area contributed by atoms with Gasteiger partial charge in [0.25, 0.3) is 0 Å². The third kappa shape index (κ3) is 2.57. The van der Waals surface area contributed by atoms with Crippen molar-refractivity contribution in [3.05, 3.63) is 90.6 Å². The largest absolute Gasteiger partial charge is 0.507 e. The number of nitrogens with zero attached hydrogens (tertiary/aromatic N) is 2. The summed E-state index contributed by atoms with van der Waals surface area (Å²) in [7, 11) is 0. The Balaban J connectivity index is 1.84. The van der Waals surface area contributed by atoms with E-state index >= 15 is 0 Å². The van der Waals surface area contributed by atoms with E-state index in [0.29, 0.717) is 5.56 Å². The number of benzene rings is 3. The second-order valence-corrected chi connectivity index (χ2v) is 5.57. The van der Waals surface area contributed by atoms with Crippen LogP contribution >= 0.6 is 0 Å². The van der Waals surface area contributed by atoms with Crippen LogP contribution in [0, 0.1) is 0 Å². The molecular weight excluding hydrogens is 296 g/mol. The van der Waals surface area contributed by atoms with Gasteiger partial charge in [0.15, 0.2) is 0 Å². The van der Waals surface area contributed by atoms with Crippen LogP contribution in [0.25, 0.3) is 22.0 Å². The quantitative estimate of drug-likeness (QED) is 0.537. The third-order valence-electron chi connectivity index (χ3n) is 4.04. The highest BCUT2D eigenvalue weighted by Crippen LogP contribution is 2.30. The Morgan fingerprint density at radius 2 is 1.50 bits per heavy atom. The highest BCUT2D eigenvalue weighted by Gasteiger charge is 2.09. The van der Waals surface area contributed by atoms with Gasteiger partial charge in [-0.15, -0.1) is 0 Å². The Bertz CT molecular complexity index is 1020. The lowest BCUT2D eigenvalue weighted by Gasteiger charge is -1.99. The predicted octanol–water partition coefficient (Wildman–Crippen LogP) is 4.90. The molecule has 0 unspecified atom stereocenters. The first-order valence-electron chi connectivity index (χ1n) is 7.81. The minimum absolute atomic E-state index is 0.223. The zero-order chi connectivity index (χ0) is 16.4. The lowest BCUT2D eigenvalue weighted by atomic mass is 10.1. The summed E-state index contributed by atoms with van der Waals surface area (Å²) in [6.45, 7) is 0. The van der Waals surface area contributed by atoms with Crippen LogP contribution in [0.3, 0.4) is 0 Å². The topological polar surface area (TPSA) is 37.5 Å². The SMILES string of the molecule is Oc1ccccc1/C=N/n1cc(-c2ccccc2)c2ccccc21. The Morgan fingerprint density at radius 1 is 0.792 bits per heavy atom. The summed E-state index contributed by atoms with van der Waals surface area (Å²) < 4.78 is 1.85. The molecule has 0 amide bonds. The summed E-state index contributed by atoms with van der Waals surface area (Å²) in [6.07, 6.45) is 3.70. The standard InChI is InChI=1S/C21H16N2O/c24-21-13-7-4-10-17(21)14-22-23-15-19(16-8-2-1-3-9-16)18-11-5-6-12-20(18)23/h1-15,24H/b22-14+. The molecule has 0 saturated heterocycles. The van der Waals surface area contributed by atoms with Gasteiger partial charge >= 0.3 is 0 Å². The van der Waals surface area contributed by atoms with Crippen molar-refractivity contribution in [3.63, 3.8) is 0 Å². The molecule has 0 atom stereocenters. The molecule has 4 aromatic rings. The van der Waals surface area contributed by atoms with Gasteiger partial charge in [0.05, 0.1) is 11.7 Å². The number of hydrogen-bond donors (Lipinski definition) is 1. The third-order valence-corrected chi connectivity index (χ3v) is 4.04. The molecule has 116 valence electrons. The molecule has 0 aliphatic heterocycles. The van der Waals surface area contributed by atoms with Crippen molar-refractivity contribution in [1.29, 1.82) is 0 Å². The fourth-order valence-corrected chi connectivity index (χ4v) is 2.83. The summed E-state index contributed by atoms with van der Waals surface area (Å²) in [5.74, 6) is 0.223. The highest BCUT2D eigenvalue weighted by atomic mass is 16.3. The van der Waals surface area contributed by atoms with Crippen molar-refractivity contribution in [2.75, 3.05) is 0 Å². The molecule has 4 rings (SSSR count). The molecule has 0 fully saturated rings. The second kappa shape index (κ2) is 6.05. The predicted molar refractivity (Wildman–Crippen MR) is 98.5 cm³/mol. The van der Waals surface area contributed by atoms with Crippen molar-refractivity contribution in [2.24, 2.45) is 5.10 Å². The van der Waals surface area contributed by atoms with E-state index in [-0.39, 0.29) is 5.75 Å². The molecule has 1 N–H and O–H groups in total. The molecule has 3 aromatic carbocycles. The number of aromatic nitrogens is 1. The average Bonchev–Trinajstić information content (AvgIpc) is 3.01. The summed E-state index contributed by atoms with van der Waals surface area (Å²) in [4.78, 5) is 0. The van der Waals surface area contributed by atoms with Gasteiger partial charge in [-0.25, -0.2) is 4.68 Å². The first-order valence-corrected chi connectivity index (χ1v) is 7.81. The van der Waals surface area contributed by atoms with E-state index in [9.17, 15) is 5.11 Å². The van der Waals surface area contributed by atoms with E-state index in [4.69, 9.17) is 0 Å². The van der Waals surface area contributed by atoms with Gasteiger partial charge in [-0.3, -0.25) is 0 Å². The van der Waals surface area contributed by atoms with Crippen LogP contribution in [0.2, 0.25) is 0 Å². The first-order chi connectivity index (χ1) is 11.8. The van der Waals surface area contributed by atoms with Crippen molar-refractivity contribution in [3.8, 4) is 16.9 Å². The van der Waals surface area contributed by atoms with E-state index in [1.54, 1.807) is 18.3 Å². The lowest BCUT2D eigenvalue weighted by Crippen LogP contribution is -1.89. The molecule has 0 aliphatic carbocycles. The summed E-state index contributed by atoms with van der Waals surface area (Å²) >= 11 is 0. The number of hydrogen-bond acceptors (Lipinski definition) is 2. The Kier molecular flexibility index (Phi) is 3.60. The molecule has 0 spiro atoms. The first kappa shape index (κ1) is 14.3. The smallest absolute Gasteiger partial charge is 0.124 e. The maximum Gasteiger partial charge on any atom is 0.124 e. The molecular formula is C21H16N2O. The van der Waals surface area contributed by atoms with Crippen LogP contribution in [0.1, 0.15) is 5.56 Å². The van der Waals surface area contributed by atoms with Gasteiger partial charge in [-0.1, -0.05) is 60.7 Å². The molecule has 1 heterocycles. The normalized spacial score (nSPS) is 11.3. The maximum absolute atomic E-state index is 9.88. The Morgan fingerprint density at radius 3 is 2.33 bits per heavy atom. The highest BCUT2D eigenvalue weighted by molar-refractivity contribution is 5.96. The van der Waals surface area contributed by atoms with Gasteiger partial charge < -0.3 is 5.11 Å². The zero-order valence-electron chi connectivity index (χ0n) is 13.0. The number of para-hydroxylation sites is 2. The second-order valence-electron chi connectivity index (χ2n) is 5.57. The van der Waals surface area contributed by atoms with Crippen LogP contribution < -0.4 is 0 Å². The maximum atomic E-state index is 9.88.